The molecular weight excluding hydrogens is 257 g/mol. The number of hydrogen-bond acceptors (Lipinski definition) is 2. The molecule has 94 valence electrons. The van der Waals surface area contributed by atoms with Crippen LogP contribution in [0.25, 0.3) is 0 Å². The summed E-state index contributed by atoms with van der Waals surface area (Å²) < 4.78 is 5.42. The summed E-state index contributed by atoms with van der Waals surface area (Å²) in [7, 11) is 5.82. The van der Waals surface area contributed by atoms with Crippen LogP contribution in [0.2, 0.25) is 10.0 Å². The summed E-state index contributed by atoms with van der Waals surface area (Å²) in [6, 6.07) is 2.15. The van der Waals surface area contributed by atoms with Crippen molar-refractivity contribution >= 4 is 23.2 Å². The van der Waals surface area contributed by atoms with Crippen LogP contribution in [0.3, 0.4) is 0 Å². The van der Waals surface area contributed by atoms with Gasteiger partial charge in [-0.25, -0.2) is 0 Å². The summed E-state index contributed by atoms with van der Waals surface area (Å²) in [6.45, 7) is 0. The highest BCUT2D eigenvalue weighted by molar-refractivity contribution is 6.36. The Kier molecular flexibility index (Phi) is 3.86. The molecule has 4 heteroatoms. The van der Waals surface area contributed by atoms with Crippen molar-refractivity contribution in [2.24, 2.45) is 0 Å². The molecule has 0 saturated carbocycles. The normalized spacial score (nSPS) is 19.3. The highest BCUT2D eigenvalue weighted by Gasteiger charge is 2.28. The Bertz CT molecular complexity index is 432. The first kappa shape index (κ1) is 13.0. The van der Waals surface area contributed by atoms with Crippen molar-refractivity contribution in [3.05, 3.63) is 27.2 Å². The van der Waals surface area contributed by atoms with Crippen LogP contribution in [0.4, 0.5) is 0 Å². The number of halogens is 2. The van der Waals surface area contributed by atoms with Crippen LogP contribution in [-0.4, -0.2) is 26.1 Å². The van der Waals surface area contributed by atoms with Gasteiger partial charge in [0.25, 0.3) is 0 Å². The van der Waals surface area contributed by atoms with Crippen molar-refractivity contribution in [3.63, 3.8) is 0 Å². The molecule has 1 aliphatic carbocycles. The Labute approximate surface area is 112 Å². The van der Waals surface area contributed by atoms with Gasteiger partial charge in [-0.05, 0) is 45.0 Å². The van der Waals surface area contributed by atoms with E-state index in [1.807, 2.05) is 0 Å². The van der Waals surface area contributed by atoms with E-state index in [2.05, 4.69) is 19.0 Å². The molecule has 17 heavy (non-hydrogen) atoms. The van der Waals surface area contributed by atoms with Crippen LogP contribution in [0.15, 0.2) is 6.07 Å². The molecule has 2 nitrogen and oxygen atoms in total. The number of hydrogen-bond donors (Lipinski definition) is 0. The number of rotatable bonds is 2. The second-order valence-electron chi connectivity index (χ2n) is 4.64. The van der Waals surface area contributed by atoms with Gasteiger partial charge in [-0.1, -0.05) is 23.2 Å². The highest BCUT2D eigenvalue weighted by atomic mass is 35.5. The molecule has 1 aliphatic rings. The first-order valence-corrected chi connectivity index (χ1v) is 6.53. The summed E-state index contributed by atoms with van der Waals surface area (Å²) in [4.78, 5) is 2.21. The smallest absolute Gasteiger partial charge is 0.141 e. The number of fused-ring (bicyclic) bond motifs is 1. The van der Waals surface area contributed by atoms with Gasteiger partial charge < -0.3 is 9.64 Å². The van der Waals surface area contributed by atoms with E-state index < -0.39 is 0 Å². The third-order valence-corrected chi connectivity index (χ3v) is 3.99. The molecule has 2 rings (SSSR count). The van der Waals surface area contributed by atoms with Gasteiger partial charge in [-0.3, -0.25) is 0 Å². The van der Waals surface area contributed by atoms with Gasteiger partial charge in [0.15, 0.2) is 0 Å². The Morgan fingerprint density at radius 2 is 2.00 bits per heavy atom. The van der Waals surface area contributed by atoms with Gasteiger partial charge in [-0.15, -0.1) is 0 Å². The van der Waals surface area contributed by atoms with Crippen molar-refractivity contribution < 1.29 is 4.74 Å². The lowest BCUT2D eigenvalue weighted by atomic mass is 9.86. The van der Waals surface area contributed by atoms with Crippen molar-refractivity contribution in [1.29, 1.82) is 0 Å². The topological polar surface area (TPSA) is 12.5 Å². The van der Waals surface area contributed by atoms with Crippen molar-refractivity contribution in [2.75, 3.05) is 21.2 Å². The van der Waals surface area contributed by atoms with Gasteiger partial charge in [-0.2, -0.15) is 0 Å². The summed E-state index contributed by atoms with van der Waals surface area (Å²) >= 11 is 12.5. The quantitative estimate of drug-likeness (QED) is 0.809. The predicted octanol–water partition coefficient (Wildman–Crippen LogP) is 3.94. The number of benzene rings is 1. The second kappa shape index (κ2) is 5.05. The van der Waals surface area contributed by atoms with Gasteiger partial charge >= 0.3 is 0 Å². The minimum Gasteiger partial charge on any atom is -0.495 e. The van der Waals surface area contributed by atoms with Gasteiger partial charge in [0.05, 0.1) is 12.1 Å². The third-order valence-electron chi connectivity index (χ3n) is 3.39. The highest BCUT2D eigenvalue weighted by Crippen LogP contribution is 2.45. The second-order valence-corrected chi connectivity index (χ2v) is 5.45. The Morgan fingerprint density at radius 1 is 1.29 bits per heavy atom. The monoisotopic (exact) mass is 273 g/mol. The maximum absolute atomic E-state index is 6.35. The van der Waals surface area contributed by atoms with Crippen LogP contribution in [-0.2, 0) is 6.42 Å². The zero-order valence-corrected chi connectivity index (χ0v) is 11.9. The zero-order valence-electron chi connectivity index (χ0n) is 10.4. The molecule has 0 amide bonds. The molecule has 0 bridgehead atoms. The van der Waals surface area contributed by atoms with Gasteiger partial charge in [0, 0.05) is 16.6 Å². The molecule has 0 radical (unpaired) electrons. The van der Waals surface area contributed by atoms with E-state index in [1.54, 1.807) is 13.2 Å². The van der Waals surface area contributed by atoms with Gasteiger partial charge in [0.2, 0.25) is 0 Å². The SMILES string of the molecule is COc1c(Cl)cc(Cl)c2c1CCCC2N(C)C. The molecule has 0 N–H and O–H groups in total. The minimum absolute atomic E-state index is 0.359. The average Bonchev–Trinajstić information content (AvgIpc) is 2.28. The standard InChI is InChI=1S/C13H17Cl2NO/c1-16(2)11-6-4-5-8-12(11)9(14)7-10(15)13(8)17-3/h7,11H,4-6H2,1-3H3. The maximum atomic E-state index is 6.35. The Balaban J connectivity index is 2.61. The molecule has 1 unspecified atom stereocenters. The zero-order chi connectivity index (χ0) is 12.6. The van der Waals surface area contributed by atoms with E-state index >= 15 is 0 Å². The number of methoxy groups -OCH3 is 1. The van der Waals surface area contributed by atoms with Crippen LogP contribution in [0.5, 0.6) is 5.75 Å². The lowest BCUT2D eigenvalue weighted by Gasteiger charge is -2.32. The molecular formula is C13H17Cl2NO. The minimum atomic E-state index is 0.359. The summed E-state index contributed by atoms with van der Waals surface area (Å²) in [5.41, 5.74) is 2.36. The van der Waals surface area contributed by atoms with Crippen molar-refractivity contribution in [2.45, 2.75) is 25.3 Å². The van der Waals surface area contributed by atoms with Crippen molar-refractivity contribution in [3.8, 4) is 5.75 Å². The van der Waals surface area contributed by atoms with Crippen molar-refractivity contribution in [1.82, 2.24) is 4.90 Å². The lowest BCUT2D eigenvalue weighted by molar-refractivity contribution is 0.266. The average molecular weight is 274 g/mol. The molecule has 1 aromatic carbocycles. The molecule has 0 spiro atoms. The molecule has 0 saturated heterocycles. The maximum Gasteiger partial charge on any atom is 0.141 e. The van der Waals surface area contributed by atoms with E-state index in [1.165, 1.54) is 11.1 Å². The van der Waals surface area contributed by atoms with Crippen LogP contribution < -0.4 is 4.74 Å². The predicted molar refractivity (Wildman–Crippen MR) is 72.4 cm³/mol. The fraction of sp³-hybridized carbons (Fsp3) is 0.538. The largest absolute Gasteiger partial charge is 0.495 e. The Hall–Kier alpha value is -0.440. The number of ether oxygens (including phenoxy) is 1. The van der Waals surface area contributed by atoms with Crippen LogP contribution in [0.1, 0.15) is 30.0 Å². The number of nitrogens with zero attached hydrogens (tertiary/aromatic N) is 1. The van der Waals surface area contributed by atoms with Crippen LogP contribution >= 0.6 is 23.2 Å². The molecule has 1 aromatic rings. The van der Waals surface area contributed by atoms with Crippen LogP contribution in [0, 0.1) is 0 Å². The van der Waals surface area contributed by atoms with E-state index in [0.29, 0.717) is 11.1 Å². The van der Waals surface area contributed by atoms with E-state index in [9.17, 15) is 0 Å². The van der Waals surface area contributed by atoms with E-state index in [0.717, 1.165) is 30.0 Å². The molecule has 1 atom stereocenters. The lowest BCUT2D eigenvalue weighted by Crippen LogP contribution is -2.25. The van der Waals surface area contributed by atoms with E-state index in [-0.39, 0.29) is 0 Å². The molecule has 0 heterocycles. The molecule has 0 aliphatic heterocycles. The Morgan fingerprint density at radius 3 is 2.59 bits per heavy atom. The fourth-order valence-electron chi connectivity index (χ4n) is 2.63. The van der Waals surface area contributed by atoms with E-state index in [4.69, 9.17) is 27.9 Å². The fourth-order valence-corrected chi connectivity index (χ4v) is 3.33. The van der Waals surface area contributed by atoms with Gasteiger partial charge in [0.1, 0.15) is 5.75 Å². The molecule has 0 aromatic heterocycles. The summed E-state index contributed by atoms with van der Waals surface area (Å²) in [5, 5.41) is 1.36. The first-order valence-electron chi connectivity index (χ1n) is 5.77. The third kappa shape index (κ3) is 2.26. The molecule has 0 fully saturated rings. The summed E-state index contributed by atoms with van der Waals surface area (Å²) in [6.07, 6.45) is 3.26. The summed E-state index contributed by atoms with van der Waals surface area (Å²) in [5.74, 6) is 0.789. The first-order chi connectivity index (χ1) is 8.06.